The van der Waals surface area contributed by atoms with Crippen LogP contribution in [-0.4, -0.2) is 28.2 Å². The van der Waals surface area contributed by atoms with E-state index in [0.717, 1.165) is 18.4 Å². The molecule has 7 heteroatoms. The first kappa shape index (κ1) is 20.3. The SMILES string of the molecule is CCC[C@@H](NC(=O)[C@@H](C)OC(=O)c1n[nH]c(=O)c2ccccc12)c1ccccc1. The van der Waals surface area contributed by atoms with E-state index in [1.165, 1.54) is 6.92 Å². The summed E-state index contributed by atoms with van der Waals surface area (Å²) < 4.78 is 5.33. The Bertz CT molecular complexity index is 1060. The molecule has 0 unspecified atom stereocenters. The number of hydrogen-bond acceptors (Lipinski definition) is 5. The predicted octanol–water partition coefficient (Wildman–Crippen LogP) is 3.13. The molecule has 3 rings (SSSR count). The molecule has 0 aliphatic heterocycles. The third-order valence-electron chi connectivity index (χ3n) is 4.64. The molecule has 150 valence electrons. The molecule has 2 atom stereocenters. The van der Waals surface area contributed by atoms with Gasteiger partial charge in [-0.05, 0) is 25.0 Å². The molecule has 3 aromatic rings. The molecule has 0 saturated carbocycles. The molecule has 0 aliphatic carbocycles. The van der Waals surface area contributed by atoms with Crippen LogP contribution in [0.4, 0.5) is 0 Å². The Morgan fingerprint density at radius 3 is 2.41 bits per heavy atom. The summed E-state index contributed by atoms with van der Waals surface area (Å²) in [5.74, 6) is -1.17. The van der Waals surface area contributed by atoms with Crippen molar-refractivity contribution in [2.24, 2.45) is 0 Å². The fraction of sp³-hybridized carbons (Fsp3) is 0.273. The highest BCUT2D eigenvalue weighted by molar-refractivity contribution is 6.02. The monoisotopic (exact) mass is 393 g/mol. The van der Waals surface area contributed by atoms with Crippen molar-refractivity contribution in [1.29, 1.82) is 0 Å². The van der Waals surface area contributed by atoms with E-state index in [2.05, 4.69) is 15.5 Å². The summed E-state index contributed by atoms with van der Waals surface area (Å²) in [4.78, 5) is 37.1. The fourth-order valence-corrected chi connectivity index (χ4v) is 3.13. The predicted molar refractivity (Wildman–Crippen MR) is 109 cm³/mol. The number of carbonyl (C=O) groups is 2. The van der Waals surface area contributed by atoms with Crippen molar-refractivity contribution in [2.75, 3.05) is 0 Å². The Morgan fingerprint density at radius 1 is 1.07 bits per heavy atom. The summed E-state index contributed by atoms with van der Waals surface area (Å²) in [6, 6.07) is 16.1. The van der Waals surface area contributed by atoms with Gasteiger partial charge in [-0.3, -0.25) is 9.59 Å². The maximum Gasteiger partial charge on any atom is 0.360 e. The number of ether oxygens (including phenoxy) is 1. The first-order chi connectivity index (χ1) is 14.0. The zero-order chi connectivity index (χ0) is 20.8. The van der Waals surface area contributed by atoms with Crippen molar-refractivity contribution in [2.45, 2.75) is 38.8 Å². The summed E-state index contributed by atoms with van der Waals surface area (Å²) >= 11 is 0. The lowest BCUT2D eigenvalue weighted by Crippen LogP contribution is -2.38. The minimum absolute atomic E-state index is 0.0342. The molecule has 2 N–H and O–H groups in total. The number of H-pyrrole nitrogens is 1. The van der Waals surface area contributed by atoms with E-state index in [-0.39, 0.29) is 11.7 Å². The minimum Gasteiger partial charge on any atom is -0.448 e. The van der Waals surface area contributed by atoms with E-state index in [1.54, 1.807) is 24.3 Å². The number of aromatic amines is 1. The third-order valence-corrected chi connectivity index (χ3v) is 4.64. The van der Waals surface area contributed by atoms with E-state index >= 15 is 0 Å². The van der Waals surface area contributed by atoms with Crippen molar-refractivity contribution >= 4 is 22.6 Å². The van der Waals surface area contributed by atoms with Gasteiger partial charge in [0.2, 0.25) is 0 Å². The molecular formula is C22H23N3O4. The number of amides is 1. The molecule has 0 bridgehead atoms. The molecule has 29 heavy (non-hydrogen) atoms. The Labute approximate surface area is 168 Å². The summed E-state index contributed by atoms with van der Waals surface area (Å²) in [5, 5.41) is 9.75. The Morgan fingerprint density at radius 2 is 1.72 bits per heavy atom. The van der Waals surface area contributed by atoms with Crippen LogP contribution < -0.4 is 10.9 Å². The molecule has 1 aromatic heterocycles. The molecule has 7 nitrogen and oxygen atoms in total. The van der Waals surface area contributed by atoms with E-state index in [0.29, 0.717) is 10.8 Å². The second-order valence-electron chi connectivity index (χ2n) is 6.75. The molecular weight excluding hydrogens is 370 g/mol. The number of benzene rings is 2. The minimum atomic E-state index is -1.02. The van der Waals surface area contributed by atoms with Crippen LogP contribution in [0.1, 0.15) is 48.8 Å². The topological polar surface area (TPSA) is 101 Å². The standard InChI is InChI=1S/C22H23N3O4/c1-3-9-18(15-10-5-4-6-11-15)23-20(26)14(2)29-22(28)19-16-12-7-8-13-17(16)21(27)25-24-19/h4-8,10-14,18H,3,9H2,1-2H3,(H,23,26)(H,25,27)/t14-,18-/m1/s1. The Kier molecular flexibility index (Phi) is 6.39. The maximum absolute atomic E-state index is 12.6. The number of esters is 1. The number of fused-ring (bicyclic) bond motifs is 1. The first-order valence-electron chi connectivity index (χ1n) is 9.55. The maximum atomic E-state index is 12.6. The molecule has 0 saturated heterocycles. The summed E-state index contributed by atoms with van der Waals surface area (Å²) in [5.41, 5.74) is 0.566. The van der Waals surface area contributed by atoms with E-state index in [9.17, 15) is 14.4 Å². The molecule has 0 fully saturated rings. The van der Waals surface area contributed by atoms with Crippen LogP contribution in [0, 0.1) is 0 Å². The van der Waals surface area contributed by atoms with Gasteiger partial charge in [-0.25, -0.2) is 9.89 Å². The molecule has 0 spiro atoms. The van der Waals surface area contributed by atoms with Gasteiger partial charge in [0.05, 0.1) is 11.4 Å². The van der Waals surface area contributed by atoms with Gasteiger partial charge in [0.15, 0.2) is 11.8 Å². The lowest BCUT2D eigenvalue weighted by atomic mass is 10.0. The van der Waals surface area contributed by atoms with Crippen LogP contribution in [0.3, 0.4) is 0 Å². The lowest BCUT2D eigenvalue weighted by molar-refractivity contribution is -0.129. The average molecular weight is 393 g/mol. The number of aromatic nitrogens is 2. The lowest BCUT2D eigenvalue weighted by Gasteiger charge is -2.21. The van der Waals surface area contributed by atoms with E-state index < -0.39 is 23.5 Å². The van der Waals surface area contributed by atoms with Crippen molar-refractivity contribution in [3.05, 3.63) is 76.2 Å². The quantitative estimate of drug-likeness (QED) is 0.601. The largest absolute Gasteiger partial charge is 0.448 e. The highest BCUT2D eigenvalue weighted by Crippen LogP contribution is 2.19. The smallest absolute Gasteiger partial charge is 0.360 e. The van der Waals surface area contributed by atoms with Gasteiger partial charge >= 0.3 is 5.97 Å². The van der Waals surface area contributed by atoms with Crippen molar-refractivity contribution < 1.29 is 14.3 Å². The number of nitrogens with zero attached hydrogens (tertiary/aromatic N) is 1. The number of carbonyl (C=O) groups excluding carboxylic acids is 2. The van der Waals surface area contributed by atoms with Crippen LogP contribution in [-0.2, 0) is 9.53 Å². The zero-order valence-corrected chi connectivity index (χ0v) is 16.3. The van der Waals surface area contributed by atoms with Crippen LogP contribution >= 0.6 is 0 Å². The normalized spacial score (nSPS) is 12.9. The second kappa shape index (κ2) is 9.14. The third kappa shape index (κ3) is 4.68. The summed E-state index contributed by atoms with van der Waals surface area (Å²) in [6.45, 7) is 3.55. The van der Waals surface area contributed by atoms with Crippen LogP contribution in [0.25, 0.3) is 10.8 Å². The molecule has 1 heterocycles. The second-order valence-corrected chi connectivity index (χ2v) is 6.75. The van der Waals surface area contributed by atoms with Crippen LogP contribution in [0.15, 0.2) is 59.4 Å². The number of hydrogen-bond donors (Lipinski definition) is 2. The van der Waals surface area contributed by atoms with Gasteiger partial charge in [-0.15, -0.1) is 0 Å². The first-order valence-corrected chi connectivity index (χ1v) is 9.55. The Hall–Kier alpha value is -3.48. The molecule has 0 radical (unpaired) electrons. The molecule has 1 amide bonds. The molecule has 0 aliphatic rings. The summed E-state index contributed by atoms with van der Waals surface area (Å²) in [7, 11) is 0. The van der Waals surface area contributed by atoms with Gasteiger partial charge in [-0.1, -0.05) is 61.9 Å². The van der Waals surface area contributed by atoms with Crippen LogP contribution in [0.5, 0.6) is 0 Å². The van der Waals surface area contributed by atoms with Gasteiger partial charge in [-0.2, -0.15) is 5.10 Å². The van der Waals surface area contributed by atoms with Gasteiger partial charge in [0.1, 0.15) is 0 Å². The van der Waals surface area contributed by atoms with Crippen molar-refractivity contribution in [3.63, 3.8) is 0 Å². The van der Waals surface area contributed by atoms with Gasteiger partial charge < -0.3 is 10.1 Å². The van der Waals surface area contributed by atoms with Crippen LogP contribution in [0.2, 0.25) is 0 Å². The molecule has 2 aromatic carbocycles. The highest BCUT2D eigenvalue weighted by atomic mass is 16.5. The number of nitrogens with one attached hydrogen (secondary N) is 2. The zero-order valence-electron chi connectivity index (χ0n) is 16.3. The summed E-state index contributed by atoms with van der Waals surface area (Å²) in [6.07, 6.45) is 0.641. The van der Waals surface area contributed by atoms with Gasteiger partial charge in [0.25, 0.3) is 11.5 Å². The van der Waals surface area contributed by atoms with Crippen molar-refractivity contribution in [3.8, 4) is 0 Å². The van der Waals surface area contributed by atoms with E-state index in [1.807, 2.05) is 37.3 Å². The van der Waals surface area contributed by atoms with Gasteiger partial charge in [0, 0.05) is 5.39 Å². The van der Waals surface area contributed by atoms with Crippen molar-refractivity contribution in [1.82, 2.24) is 15.5 Å². The average Bonchev–Trinajstić information content (AvgIpc) is 2.74. The fourth-order valence-electron chi connectivity index (χ4n) is 3.13. The van der Waals surface area contributed by atoms with E-state index in [4.69, 9.17) is 4.74 Å². The highest BCUT2D eigenvalue weighted by Gasteiger charge is 2.24. The Balaban J connectivity index is 1.73. The number of rotatable bonds is 7.